The highest BCUT2D eigenvalue weighted by Crippen LogP contribution is 2.21. The first-order valence-electron chi connectivity index (χ1n) is 5.63. The number of aromatic nitrogens is 2. The third-order valence-corrected chi connectivity index (χ3v) is 3.02. The van der Waals surface area contributed by atoms with Gasteiger partial charge < -0.3 is 10.3 Å². The fraction of sp³-hybridized carbons (Fsp3) is 0.727. The number of nitrogens with zero attached hydrogens (tertiary/aromatic N) is 1. The van der Waals surface area contributed by atoms with Gasteiger partial charge in [0.05, 0.1) is 5.69 Å². The van der Waals surface area contributed by atoms with Crippen molar-refractivity contribution in [3.63, 3.8) is 0 Å². The van der Waals surface area contributed by atoms with Crippen molar-refractivity contribution in [3.05, 3.63) is 17.2 Å². The minimum absolute atomic E-state index is 0.612. The van der Waals surface area contributed by atoms with Gasteiger partial charge in [0.2, 0.25) is 0 Å². The van der Waals surface area contributed by atoms with Gasteiger partial charge in [-0.1, -0.05) is 13.8 Å². The zero-order chi connectivity index (χ0) is 9.97. The highest BCUT2D eigenvalue weighted by molar-refractivity contribution is 5.17. The van der Waals surface area contributed by atoms with Crippen LogP contribution in [-0.4, -0.2) is 23.1 Å². The number of aryl methyl sites for hydroxylation is 2. The van der Waals surface area contributed by atoms with E-state index in [9.17, 15) is 0 Å². The number of hydrogen-bond donors (Lipinski definition) is 2. The molecule has 1 fully saturated rings. The van der Waals surface area contributed by atoms with Crippen molar-refractivity contribution in [2.45, 2.75) is 39.0 Å². The molecule has 0 aliphatic carbocycles. The molecule has 1 aromatic rings. The highest BCUT2D eigenvalue weighted by Gasteiger charge is 2.20. The van der Waals surface area contributed by atoms with Gasteiger partial charge in [0.25, 0.3) is 0 Å². The van der Waals surface area contributed by atoms with Crippen LogP contribution in [0.5, 0.6) is 0 Å². The Balaban J connectivity index is 2.21. The van der Waals surface area contributed by atoms with E-state index in [-0.39, 0.29) is 0 Å². The van der Waals surface area contributed by atoms with Gasteiger partial charge in [0.15, 0.2) is 0 Å². The number of hydrogen-bond acceptors (Lipinski definition) is 2. The number of imidazole rings is 1. The van der Waals surface area contributed by atoms with E-state index >= 15 is 0 Å². The molecule has 1 unspecified atom stereocenters. The van der Waals surface area contributed by atoms with Crippen LogP contribution in [0.25, 0.3) is 0 Å². The van der Waals surface area contributed by atoms with Crippen LogP contribution in [0.1, 0.15) is 43.4 Å². The van der Waals surface area contributed by atoms with Crippen LogP contribution >= 0.6 is 0 Å². The number of H-pyrrole nitrogens is 1. The second kappa shape index (κ2) is 4.13. The molecule has 2 N–H and O–H groups in total. The molecular formula is C11H19N3. The smallest absolute Gasteiger partial charge is 0.111 e. The van der Waals surface area contributed by atoms with Crippen molar-refractivity contribution in [2.75, 3.05) is 13.1 Å². The van der Waals surface area contributed by atoms with Crippen molar-refractivity contribution >= 4 is 0 Å². The van der Waals surface area contributed by atoms with Crippen molar-refractivity contribution in [1.82, 2.24) is 15.3 Å². The van der Waals surface area contributed by atoms with Crippen molar-refractivity contribution in [3.8, 4) is 0 Å². The highest BCUT2D eigenvalue weighted by atomic mass is 15.0. The second-order valence-corrected chi connectivity index (χ2v) is 3.94. The van der Waals surface area contributed by atoms with E-state index in [2.05, 4.69) is 29.1 Å². The summed E-state index contributed by atoms with van der Waals surface area (Å²) in [7, 11) is 0. The Kier molecular flexibility index (Phi) is 2.87. The molecule has 14 heavy (non-hydrogen) atoms. The van der Waals surface area contributed by atoms with Gasteiger partial charge >= 0.3 is 0 Å². The lowest BCUT2D eigenvalue weighted by Crippen LogP contribution is -2.08. The summed E-state index contributed by atoms with van der Waals surface area (Å²) in [5, 5.41) is 3.38. The lowest BCUT2D eigenvalue weighted by Gasteiger charge is -2.02. The zero-order valence-electron chi connectivity index (χ0n) is 9.06. The Morgan fingerprint density at radius 1 is 1.36 bits per heavy atom. The zero-order valence-corrected chi connectivity index (χ0v) is 9.06. The fourth-order valence-corrected chi connectivity index (χ4v) is 2.13. The molecule has 1 saturated heterocycles. The molecule has 3 nitrogen and oxygen atoms in total. The van der Waals surface area contributed by atoms with Gasteiger partial charge in [0, 0.05) is 18.2 Å². The maximum atomic E-state index is 4.69. The third-order valence-electron chi connectivity index (χ3n) is 3.02. The summed E-state index contributed by atoms with van der Waals surface area (Å²) in [6, 6.07) is 0. The predicted molar refractivity (Wildman–Crippen MR) is 57.6 cm³/mol. The van der Waals surface area contributed by atoms with E-state index in [1.165, 1.54) is 23.6 Å². The van der Waals surface area contributed by atoms with E-state index in [0.29, 0.717) is 5.92 Å². The SMILES string of the molecule is CCc1nc(C2CCNC2)[nH]c1CC. The van der Waals surface area contributed by atoms with Crippen LogP contribution in [0, 0.1) is 0 Å². The van der Waals surface area contributed by atoms with E-state index in [1.807, 2.05) is 0 Å². The van der Waals surface area contributed by atoms with Gasteiger partial charge in [-0.15, -0.1) is 0 Å². The van der Waals surface area contributed by atoms with Crippen LogP contribution in [0.15, 0.2) is 0 Å². The average molecular weight is 193 g/mol. The molecule has 1 atom stereocenters. The minimum atomic E-state index is 0.612. The molecule has 0 bridgehead atoms. The first-order valence-corrected chi connectivity index (χ1v) is 5.63. The van der Waals surface area contributed by atoms with Crippen LogP contribution in [0.3, 0.4) is 0 Å². The third kappa shape index (κ3) is 1.69. The molecule has 1 aliphatic rings. The van der Waals surface area contributed by atoms with Crippen LogP contribution < -0.4 is 5.32 Å². The molecule has 2 heterocycles. The Labute approximate surface area is 85.3 Å². The Morgan fingerprint density at radius 2 is 2.21 bits per heavy atom. The molecule has 3 heteroatoms. The average Bonchev–Trinajstić information content (AvgIpc) is 2.85. The topological polar surface area (TPSA) is 40.7 Å². The van der Waals surface area contributed by atoms with E-state index in [0.717, 1.165) is 25.9 Å². The van der Waals surface area contributed by atoms with Crippen molar-refractivity contribution in [1.29, 1.82) is 0 Å². The quantitative estimate of drug-likeness (QED) is 0.765. The number of nitrogens with one attached hydrogen (secondary N) is 2. The molecule has 1 aliphatic heterocycles. The molecule has 0 amide bonds. The fourth-order valence-electron chi connectivity index (χ4n) is 2.13. The summed E-state index contributed by atoms with van der Waals surface area (Å²) in [6.07, 6.45) is 3.33. The maximum Gasteiger partial charge on any atom is 0.111 e. The van der Waals surface area contributed by atoms with Crippen LogP contribution in [-0.2, 0) is 12.8 Å². The largest absolute Gasteiger partial charge is 0.345 e. The van der Waals surface area contributed by atoms with E-state index in [1.54, 1.807) is 0 Å². The van der Waals surface area contributed by atoms with Crippen LogP contribution in [0.2, 0.25) is 0 Å². The summed E-state index contributed by atoms with van der Waals surface area (Å²) >= 11 is 0. The van der Waals surface area contributed by atoms with Crippen molar-refractivity contribution < 1.29 is 0 Å². The molecule has 78 valence electrons. The Hall–Kier alpha value is -0.830. The van der Waals surface area contributed by atoms with E-state index in [4.69, 9.17) is 0 Å². The molecule has 0 spiro atoms. The molecule has 0 radical (unpaired) electrons. The van der Waals surface area contributed by atoms with E-state index < -0.39 is 0 Å². The lowest BCUT2D eigenvalue weighted by molar-refractivity contribution is 0.709. The molecular weight excluding hydrogens is 174 g/mol. The predicted octanol–water partition coefficient (Wildman–Crippen LogP) is 1.61. The Bertz CT molecular complexity index is 276. The summed E-state index contributed by atoms with van der Waals surface area (Å²) in [4.78, 5) is 8.16. The van der Waals surface area contributed by atoms with Gasteiger partial charge in [-0.05, 0) is 25.8 Å². The summed E-state index contributed by atoms with van der Waals surface area (Å²) < 4.78 is 0. The van der Waals surface area contributed by atoms with Gasteiger partial charge in [-0.25, -0.2) is 4.98 Å². The van der Waals surface area contributed by atoms with Crippen molar-refractivity contribution in [2.24, 2.45) is 0 Å². The number of rotatable bonds is 3. The minimum Gasteiger partial charge on any atom is -0.345 e. The Morgan fingerprint density at radius 3 is 2.71 bits per heavy atom. The monoisotopic (exact) mass is 193 g/mol. The maximum absolute atomic E-state index is 4.69. The summed E-state index contributed by atoms with van der Waals surface area (Å²) in [6.45, 7) is 6.57. The molecule has 0 saturated carbocycles. The first-order chi connectivity index (χ1) is 6.85. The summed E-state index contributed by atoms with van der Waals surface area (Å²) in [5.74, 6) is 1.81. The summed E-state index contributed by atoms with van der Waals surface area (Å²) in [5.41, 5.74) is 2.59. The molecule has 0 aromatic carbocycles. The normalized spacial score (nSPS) is 21.7. The first kappa shape index (κ1) is 9.71. The molecule has 1 aromatic heterocycles. The standard InChI is InChI=1S/C11H19N3/c1-3-9-10(4-2)14-11(13-9)8-5-6-12-7-8/h8,12H,3-7H2,1-2H3,(H,13,14). The van der Waals surface area contributed by atoms with Crippen LogP contribution in [0.4, 0.5) is 0 Å². The van der Waals surface area contributed by atoms with Gasteiger partial charge in [-0.3, -0.25) is 0 Å². The molecule has 2 rings (SSSR count). The van der Waals surface area contributed by atoms with Gasteiger partial charge in [-0.2, -0.15) is 0 Å². The second-order valence-electron chi connectivity index (χ2n) is 3.94. The number of aromatic amines is 1. The lowest BCUT2D eigenvalue weighted by atomic mass is 10.1. The van der Waals surface area contributed by atoms with Gasteiger partial charge in [0.1, 0.15) is 5.82 Å².